The third kappa shape index (κ3) is 2.51. The highest BCUT2D eigenvalue weighted by Crippen LogP contribution is 2.26. The van der Waals surface area contributed by atoms with Gasteiger partial charge in [0.15, 0.2) is 0 Å². The Hall–Kier alpha value is -2.70. The van der Waals surface area contributed by atoms with E-state index >= 15 is 0 Å². The van der Waals surface area contributed by atoms with Crippen molar-refractivity contribution in [1.29, 1.82) is 0 Å². The molecule has 0 saturated carbocycles. The molecule has 1 aromatic carbocycles. The fourth-order valence-corrected chi connectivity index (χ4v) is 1.43. The topological polar surface area (TPSA) is 104 Å². The maximum absolute atomic E-state index is 10.7. The van der Waals surface area contributed by atoms with Crippen LogP contribution in [0.5, 0.6) is 11.6 Å². The van der Waals surface area contributed by atoms with Gasteiger partial charge in [0.1, 0.15) is 5.75 Å². The lowest BCUT2D eigenvalue weighted by atomic mass is 10.2. The molecule has 0 radical (unpaired) electrons. The quantitative estimate of drug-likeness (QED) is 0.656. The molecular weight excluding hydrogens is 236 g/mol. The van der Waals surface area contributed by atoms with Gasteiger partial charge in [0.25, 0.3) is 5.69 Å². The van der Waals surface area contributed by atoms with E-state index in [1.165, 1.54) is 18.3 Å². The predicted octanol–water partition coefficient (Wildman–Crippen LogP) is 2.07. The number of rotatable bonds is 3. The first-order chi connectivity index (χ1) is 8.56. The van der Waals surface area contributed by atoms with Crippen LogP contribution in [0.15, 0.2) is 30.5 Å². The minimum Gasteiger partial charge on any atom is -0.439 e. The number of aryl methyl sites for hydroxylation is 1. The molecule has 92 valence electrons. The van der Waals surface area contributed by atoms with Gasteiger partial charge in [0.2, 0.25) is 11.8 Å². The molecule has 2 rings (SSSR count). The smallest absolute Gasteiger partial charge is 0.272 e. The number of anilines is 1. The molecule has 0 aliphatic heterocycles. The number of nitro benzene ring substituents is 1. The highest BCUT2D eigenvalue weighted by Gasteiger charge is 2.11. The SMILES string of the molecule is Cc1cc(Oc2ccnc(N)n2)ccc1[N+](=O)[O-]. The van der Waals surface area contributed by atoms with Crippen LogP contribution in [0.2, 0.25) is 0 Å². The van der Waals surface area contributed by atoms with Crippen LogP contribution in [0.25, 0.3) is 0 Å². The van der Waals surface area contributed by atoms with Crippen molar-refractivity contribution in [2.24, 2.45) is 0 Å². The molecule has 0 aliphatic rings. The van der Waals surface area contributed by atoms with Crippen LogP contribution in [0.4, 0.5) is 11.6 Å². The van der Waals surface area contributed by atoms with E-state index < -0.39 is 4.92 Å². The van der Waals surface area contributed by atoms with Gasteiger partial charge in [-0.25, -0.2) is 4.98 Å². The first kappa shape index (κ1) is 11.8. The second-order valence-corrected chi connectivity index (χ2v) is 3.56. The van der Waals surface area contributed by atoms with Gasteiger partial charge in [0.05, 0.1) is 4.92 Å². The summed E-state index contributed by atoms with van der Waals surface area (Å²) in [4.78, 5) is 17.8. The Balaban J connectivity index is 2.25. The Morgan fingerprint density at radius 3 is 2.78 bits per heavy atom. The number of nitrogens with zero attached hydrogens (tertiary/aromatic N) is 3. The number of hydrogen-bond acceptors (Lipinski definition) is 6. The number of nitrogen functional groups attached to an aromatic ring is 1. The lowest BCUT2D eigenvalue weighted by Gasteiger charge is -2.05. The van der Waals surface area contributed by atoms with Crippen LogP contribution >= 0.6 is 0 Å². The molecule has 0 aliphatic carbocycles. The van der Waals surface area contributed by atoms with Crippen molar-refractivity contribution < 1.29 is 9.66 Å². The Morgan fingerprint density at radius 2 is 2.17 bits per heavy atom. The number of hydrogen-bond donors (Lipinski definition) is 1. The van der Waals surface area contributed by atoms with Gasteiger partial charge in [-0.15, -0.1) is 0 Å². The van der Waals surface area contributed by atoms with Crippen molar-refractivity contribution in [3.8, 4) is 11.6 Å². The molecule has 0 spiro atoms. The molecule has 0 atom stereocenters. The van der Waals surface area contributed by atoms with E-state index in [-0.39, 0.29) is 17.5 Å². The molecule has 1 aromatic heterocycles. The number of ether oxygens (including phenoxy) is 1. The summed E-state index contributed by atoms with van der Waals surface area (Å²) in [6, 6.07) is 6.00. The number of nitrogens with two attached hydrogens (primary N) is 1. The largest absolute Gasteiger partial charge is 0.439 e. The fourth-order valence-electron chi connectivity index (χ4n) is 1.43. The van der Waals surface area contributed by atoms with Gasteiger partial charge in [0, 0.05) is 23.9 Å². The first-order valence-electron chi connectivity index (χ1n) is 5.07. The van der Waals surface area contributed by atoms with Gasteiger partial charge in [-0.05, 0) is 19.1 Å². The van der Waals surface area contributed by atoms with Crippen molar-refractivity contribution in [3.63, 3.8) is 0 Å². The maximum Gasteiger partial charge on any atom is 0.272 e. The second-order valence-electron chi connectivity index (χ2n) is 3.56. The molecular formula is C11H10N4O3. The maximum atomic E-state index is 10.7. The van der Waals surface area contributed by atoms with Gasteiger partial charge in [-0.2, -0.15) is 4.98 Å². The Bertz CT molecular complexity index is 601. The van der Waals surface area contributed by atoms with Gasteiger partial charge in [-0.3, -0.25) is 10.1 Å². The van der Waals surface area contributed by atoms with E-state index in [2.05, 4.69) is 9.97 Å². The summed E-state index contributed by atoms with van der Waals surface area (Å²) >= 11 is 0. The lowest BCUT2D eigenvalue weighted by molar-refractivity contribution is -0.385. The van der Waals surface area contributed by atoms with E-state index in [1.807, 2.05) is 0 Å². The zero-order valence-corrected chi connectivity index (χ0v) is 9.53. The minimum absolute atomic E-state index is 0.0459. The molecule has 7 nitrogen and oxygen atoms in total. The average molecular weight is 246 g/mol. The molecule has 0 fully saturated rings. The molecule has 0 amide bonds. The average Bonchev–Trinajstić information content (AvgIpc) is 2.28. The summed E-state index contributed by atoms with van der Waals surface area (Å²) in [5.74, 6) is 0.845. The Morgan fingerprint density at radius 1 is 1.39 bits per heavy atom. The van der Waals surface area contributed by atoms with Crippen LogP contribution in [-0.2, 0) is 0 Å². The zero-order valence-electron chi connectivity index (χ0n) is 9.53. The number of nitro groups is 1. The van der Waals surface area contributed by atoms with Crippen molar-refractivity contribution in [3.05, 3.63) is 46.1 Å². The van der Waals surface area contributed by atoms with Crippen LogP contribution in [0.1, 0.15) is 5.56 Å². The molecule has 1 heterocycles. The molecule has 0 bridgehead atoms. The normalized spacial score (nSPS) is 10.1. The monoisotopic (exact) mass is 246 g/mol. The molecule has 2 aromatic rings. The van der Waals surface area contributed by atoms with E-state index in [4.69, 9.17) is 10.5 Å². The highest BCUT2D eigenvalue weighted by molar-refractivity contribution is 5.45. The summed E-state index contributed by atoms with van der Waals surface area (Å²) in [6.07, 6.45) is 1.47. The Kier molecular flexibility index (Phi) is 3.05. The zero-order chi connectivity index (χ0) is 13.1. The van der Waals surface area contributed by atoms with Crippen LogP contribution in [0, 0.1) is 17.0 Å². The third-order valence-corrected chi connectivity index (χ3v) is 2.24. The second kappa shape index (κ2) is 4.66. The van der Waals surface area contributed by atoms with Crippen molar-refractivity contribution in [2.75, 3.05) is 5.73 Å². The van der Waals surface area contributed by atoms with Crippen molar-refractivity contribution in [2.45, 2.75) is 6.92 Å². The van der Waals surface area contributed by atoms with Crippen molar-refractivity contribution in [1.82, 2.24) is 9.97 Å². The van der Waals surface area contributed by atoms with E-state index in [0.29, 0.717) is 11.3 Å². The summed E-state index contributed by atoms with van der Waals surface area (Å²) < 4.78 is 5.42. The highest BCUT2D eigenvalue weighted by atomic mass is 16.6. The summed E-state index contributed by atoms with van der Waals surface area (Å²) in [5.41, 5.74) is 5.97. The standard InChI is InChI=1S/C11H10N4O3/c1-7-6-8(2-3-9(7)15(16)17)18-10-4-5-13-11(12)14-10/h2-6H,1H3,(H2,12,13,14). The first-order valence-corrected chi connectivity index (χ1v) is 5.07. The lowest BCUT2D eigenvalue weighted by Crippen LogP contribution is -1.96. The molecule has 7 heteroatoms. The van der Waals surface area contributed by atoms with Crippen molar-refractivity contribution >= 4 is 11.6 Å². The van der Waals surface area contributed by atoms with E-state index in [9.17, 15) is 10.1 Å². The minimum atomic E-state index is -0.443. The summed E-state index contributed by atoms with van der Waals surface area (Å²) in [6.45, 7) is 1.64. The van der Waals surface area contributed by atoms with E-state index in [1.54, 1.807) is 19.1 Å². The molecule has 0 saturated heterocycles. The van der Waals surface area contributed by atoms with E-state index in [0.717, 1.165) is 0 Å². The third-order valence-electron chi connectivity index (χ3n) is 2.24. The molecule has 18 heavy (non-hydrogen) atoms. The van der Waals surface area contributed by atoms with Gasteiger partial charge >= 0.3 is 0 Å². The molecule has 0 unspecified atom stereocenters. The summed E-state index contributed by atoms with van der Waals surface area (Å²) in [7, 11) is 0. The number of aromatic nitrogens is 2. The molecule has 2 N–H and O–H groups in total. The van der Waals surface area contributed by atoms with Gasteiger partial charge in [-0.1, -0.05) is 0 Å². The van der Waals surface area contributed by atoms with Crippen LogP contribution < -0.4 is 10.5 Å². The Labute approximate surface area is 102 Å². The van der Waals surface area contributed by atoms with Crippen LogP contribution in [0.3, 0.4) is 0 Å². The number of benzene rings is 1. The fraction of sp³-hybridized carbons (Fsp3) is 0.0909. The van der Waals surface area contributed by atoms with Crippen LogP contribution in [-0.4, -0.2) is 14.9 Å². The summed E-state index contributed by atoms with van der Waals surface area (Å²) in [5, 5.41) is 10.7. The predicted molar refractivity (Wildman–Crippen MR) is 64.4 cm³/mol. The van der Waals surface area contributed by atoms with Gasteiger partial charge < -0.3 is 10.5 Å².